The maximum Gasteiger partial charge on any atom is 0.315 e. The Hall–Kier alpha value is -0.910. The zero-order valence-corrected chi connectivity index (χ0v) is 9.05. The van der Waals surface area contributed by atoms with Crippen LogP contribution in [0, 0.1) is 0 Å². The SMILES string of the molecule is O=C(O)CCC[C@@H]1SC[C@H]2NC(=O)N[C@@H]12. The van der Waals surface area contributed by atoms with E-state index < -0.39 is 5.97 Å². The largest absolute Gasteiger partial charge is 0.481 e. The molecule has 0 aliphatic carbocycles. The highest BCUT2D eigenvalue weighted by Gasteiger charge is 2.42. The van der Waals surface area contributed by atoms with Crippen LogP contribution in [0.1, 0.15) is 19.3 Å². The minimum absolute atomic E-state index is 0.0893. The number of urea groups is 1. The highest BCUT2D eigenvalue weighted by atomic mass is 32.2. The van der Waals surface area contributed by atoms with Crippen molar-refractivity contribution in [1.29, 1.82) is 0 Å². The number of nitrogens with one attached hydrogen (secondary N) is 2. The Morgan fingerprint density at radius 2 is 2.33 bits per heavy atom. The number of hydrogen-bond donors (Lipinski definition) is 3. The molecule has 3 atom stereocenters. The van der Waals surface area contributed by atoms with E-state index >= 15 is 0 Å². The summed E-state index contributed by atoms with van der Waals surface area (Å²) in [7, 11) is 0. The van der Waals surface area contributed by atoms with E-state index in [2.05, 4.69) is 10.6 Å². The van der Waals surface area contributed by atoms with E-state index in [0.29, 0.717) is 11.7 Å². The summed E-state index contributed by atoms with van der Waals surface area (Å²) in [6.07, 6.45) is 1.77. The van der Waals surface area contributed by atoms with E-state index in [1.165, 1.54) is 0 Å². The summed E-state index contributed by atoms with van der Waals surface area (Å²) >= 11 is 1.82. The van der Waals surface area contributed by atoms with Gasteiger partial charge in [0.2, 0.25) is 0 Å². The zero-order chi connectivity index (χ0) is 10.8. The normalized spacial score (nSPS) is 33.3. The summed E-state index contributed by atoms with van der Waals surface area (Å²) in [5.41, 5.74) is 0. The standard InChI is InChI=1S/C9H14N2O3S/c12-7(13)3-1-2-6-8-5(4-15-6)10-9(14)11-8/h5-6,8H,1-4H2,(H,12,13)(H2,10,11,14)/t5-,6+,8-/m1/s1. The topological polar surface area (TPSA) is 78.4 Å². The fourth-order valence-electron chi connectivity index (χ4n) is 2.10. The van der Waals surface area contributed by atoms with Crippen molar-refractivity contribution < 1.29 is 14.7 Å². The number of carboxylic acids is 1. The minimum atomic E-state index is -0.747. The first-order valence-electron chi connectivity index (χ1n) is 5.07. The van der Waals surface area contributed by atoms with Gasteiger partial charge in [0.05, 0.1) is 12.1 Å². The summed E-state index contributed by atoms with van der Waals surface area (Å²) in [5, 5.41) is 14.6. The van der Waals surface area contributed by atoms with E-state index in [9.17, 15) is 9.59 Å². The molecule has 0 unspecified atom stereocenters. The number of rotatable bonds is 4. The van der Waals surface area contributed by atoms with E-state index in [-0.39, 0.29) is 24.5 Å². The molecule has 0 aromatic carbocycles. The van der Waals surface area contributed by atoms with Gasteiger partial charge in [-0.2, -0.15) is 11.8 Å². The number of aliphatic carboxylic acids is 1. The molecule has 0 spiro atoms. The molecule has 2 amide bonds. The summed E-state index contributed by atoms with van der Waals surface area (Å²) in [4.78, 5) is 21.4. The maximum atomic E-state index is 11.1. The Morgan fingerprint density at radius 1 is 1.53 bits per heavy atom. The van der Waals surface area contributed by atoms with Crippen LogP contribution in [0.3, 0.4) is 0 Å². The van der Waals surface area contributed by atoms with E-state index in [1.54, 1.807) is 0 Å². The van der Waals surface area contributed by atoms with Crippen LogP contribution in [0.4, 0.5) is 4.79 Å². The molecule has 6 heteroatoms. The lowest BCUT2D eigenvalue weighted by molar-refractivity contribution is -0.137. The van der Waals surface area contributed by atoms with Crippen molar-refractivity contribution in [3.8, 4) is 0 Å². The summed E-state index contributed by atoms with van der Waals surface area (Å²) in [6, 6.07) is 0.335. The third-order valence-electron chi connectivity index (χ3n) is 2.82. The average Bonchev–Trinajstić information content (AvgIpc) is 2.65. The molecular weight excluding hydrogens is 216 g/mol. The highest BCUT2D eigenvalue weighted by Crippen LogP contribution is 2.32. The van der Waals surface area contributed by atoms with Gasteiger partial charge >= 0.3 is 12.0 Å². The molecular formula is C9H14N2O3S. The van der Waals surface area contributed by atoms with Crippen molar-refractivity contribution in [3.63, 3.8) is 0 Å². The first-order valence-corrected chi connectivity index (χ1v) is 6.12. The molecule has 84 valence electrons. The molecule has 2 aliphatic rings. The van der Waals surface area contributed by atoms with Gasteiger partial charge in [0.25, 0.3) is 0 Å². The Balaban J connectivity index is 1.79. The molecule has 2 fully saturated rings. The third kappa shape index (κ3) is 2.37. The first kappa shape index (κ1) is 10.6. The second-order valence-electron chi connectivity index (χ2n) is 3.91. The second-order valence-corrected chi connectivity index (χ2v) is 5.18. The molecule has 0 radical (unpaired) electrons. The molecule has 2 heterocycles. The predicted molar refractivity (Wildman–Crippen MR) is 57.0 cm³/mol. The van der Waals surface area contributed by atoms with E-state index in [4.69, 9.17) is 5.11 Å². The van der Waals surface area contributed by atoms with Crippen molar-refractivity contribution in [2.45, 2.75) is 36.6 Å². The van der Waals surface area contributed by atoms with Crippen LogP contribution < -0.4 is 10.6 Å². The summed E-state index contributed by atoms with van der Waals surface area (Å²) in [6.45, 7) is 0. The Morgan fingerprint density at radius 3 is 3.07 bits per heavy atom. The molecule has 2 aliphatic heterocycles. The van der Waals surface area contributed by atoms with E-state index in [0.717, 1.165) is 12.2 Å². The van der Waals surface area contributed by atoms with Crippen LogP contribution in [0.15, 0.2) is 0 Å². The van der Waals surface area contributed by atoms with Crippen LogP contribution in [0.25, 0.3) is 0 Å². The van der Waals surface area contributed by atoms with Gasteiger partial charge in [-0.05, 0) is 12.8 Å². The maximum absolute atomic E-state index is 11.1. The zero-order valence-electron chi connectivity index (χ0n) is 8.23. The number of fused-ring (bicyclic) bond motifs is 1. The van der Waals surface area contributed by atoms with Gasteiger partial charge < -0.3 is 15.7 Å². The minimum Gasteiger partial charge on any atom is -0.481 e. The lowest BCUT2D eigenvalue weighted by atomic mass is 10.0. The van der Waals surface area contributed by atoms with E-state index in [1.807, 2.05) is 11.8 Å². The van der Waals surface area contributed by atoms with Crippen LogP contribution in [0.2, 0.25) is 0 Å². The van der Waals surface area contributed by atoms with Crippen molar-refractivity contribution in [2.24, 2.45) is 0 Å². The Kier molecular flexibility index (Phi) is 3.04. The molecule has 2 rings (SSSR count). The number of carboxylic acid groups (broad SMARTS) is 1. The summed E-state index contributed by atoms with van der Waals surface area (Å²) in [5.74, 6) is 0.185. The van der Waals surface area contributed by atoms with Crippen LogP contribution >= 0.6 is 11.8 Å². The van der Waals surface area contributed by atoms with Gasteiger partial charge in [-0.25, -0.2) is 4.79 Å². The molecule has 0 aromatic heterocycles. The second kappa shape index (κ2) is 4.30. The number of thioether (sulfide) groups is 1. The molecule has 3 N–H and O–H groups in total. The smallest absolute Gasteiger partial charge is 0.315 e. The molecule has 0 saturated carbocycles. The van der Waals surface area contributed by atoms with Crippen molar-refractivity contribution in [2.75, 3.05) is 5.75 Å². The number of carbonyl (C=O) groups excluding carboxylic acids is 1. The van der Waals surface area contributed by atoms with Crippen LogP contribution in [-0.4, -0.2) is 40.2 Å². The van der Waals surface area contributed by atoms with Crippen LogP contribution in [0.5, 0.6) is 0 Å². The van der Waals surface area contributed by atoms with Gasteiger partial charge in [0, 0.05) is 17.4 Å². The van der Waals surface area contributed by atoms with Gasteiger partial charge in [-0.1, -0.05) is 0 Å². The quantitative estimate of drug-likeness (QED) is 0.611. The third-order valence-corrected chi connectivity index (χ3v) is 4.33. The molecule has 0 bridgehead atoms. The first-order chi connectivity index (χ1) is 7.16. The lowest BCUT2D eigenvalue weighted by Crippen LogP contribution is -2.36. The van der Waals surface area contributed by atoms with Crippen LogP contribution in [-0.2, 0) is 4.79 Å². The van der Waals surface area contributed by atoms with Gasteiger partial charge in [0.15, 0.2) is 0 Å². The Labute approximate surface area is 92.0 Å². The molecule has 15 heavy (non-hydrogen) atoms. The molecule has 5 nitrogen and oxygen atoms in total. The number of amides is 2. The lowest BCUT2D eigenvalue weighted by Gasteiger charge is -2.15. The molecule has 0 aromatic rings. The van der Waals surface area contributed by atoms with Crippen molar-refractivity contribution >= 4 is 23.8 Å². The van der Waals surface area contributed by atoms with Gasteiger partial charge in [-0.3, -0.25) is 4.79 Å². The number of carbonyl (C=O) groups is 2. The Bertz CT molecular complexity index is 285. The highest BCUT2D eigenvalue weighted by molar-refractivity contribution is 8.00. The van der Waals surface area contributed by atoms with Crippen molar-refractivity contribution in [3.05, 3.63) is 0 Å². The monoisotopic (exact) mass is 230 g/mol. The predicted octanol–water partition coefficient (Wildman–Crippen LogP) is 0.407. The molecule has 2 saturated heterocycles. The average molecular weight is 230 g/mol. The fourth-order valence-corrected chi connectivity index (χ4v) is 3.64. The summed E-state index contributed by atoms with van der Waals surface area (Å²) < 4.78 is 0. The number of hydrogen-bond acceptors (Lipinski definition) is 3. The van der Waals surface area contributed by atoms with Gasteiger partial charge in [0.1, 0.15) is 0 Å². The van der Waals surface area contributed by atoms with Crippen molar-refractivity contribution in [1.82, 2.24) is 10.6 Å². The fraction of sp³-hybridized carbons (Fsp3) is 0.778. The van der Waals surface area contributed by atoms with Gasteiger partial charge in [-0.15, -0.1) is 0 Å².